The molecule has 0 aromatic carbocycles. The summed E-state index contributed by atoms with van der Waals surface area (Å²) in [7, 11) is 0. The smallest absolute Gasteiger partial charge is 0.250 e. The van der Waals surface area contributed by atoms with E-state index >= 15 is 0 Å². The fraction of sp³-hybridized carbons (Fsp3) is 0. The van der Waals surface area contributed by atoms with E-state index in [0.717, 1.165) is 0 Å². The van der Waals surface area contributed by atoms with Crippen LogP contribution in [0.3, 0.4) is 0 Å². The monoisotopic (exact) mass is 195 g/mol. The molecular weight excluding hydrogens is 189 g/mol. The third kappa shape index (κ3) is 3.75. The standard InChI is InChI=1S/C5H5N3O.2ClH/c6-5(9)4-1-2-7-8-3-4;;/h1-3H,(H2,6,9);2*1H. The first-order valence-corrected chi connectivity index (χ1v) is 2.37. The van der Waals surface area contributed by atoms with Crippen LogP contribution >= 0.6 is 24.8 Å². The number of nitrogens with two attached hydrogens (primary N) is 1. The summed E-state index contributed by atoms with van der Waals surface area (Å²) >= 11 is 0. The molecule has 0 atom stereocenters. The van der Waals surface area contributed by atoms with Gasteiger partial charge in [-0.1, -0.05) is 0 Å². The summed E-state index contributed by atoms with van der Waals surface area (Å²) in [6.45, 7) is 0. The molecule has 0 aliphatic heterocycles. The highest BCUT2D eigenvalue weighted by atomic mass is 35.5. The summed E-state index contributed by atoms with van der Waals surface area (Å²) in [5.74, 6) is -0.482. The van der Waals surface area contributed by atoms with Crippen LogP contribution in [0.15, 0.2) is 18.5 Å². The third-order valence-electron chi connectivity index (χ3n) is 0.869. The quantitative estimate of drug-likeness (QED) is 0.707. The molecule has 0 bridgehead atoms. The summed E-state index contributed by atoms with van der Waals surface area (Å²) in [5.41, 5.74) is 5.29. The van der Waals surface area contributed by atoms with Gasteiger partial charge in [0.1, 0.15) is 0 Å². The average molecular weight is 196 g/mol. The maximum atomic E-state index is 10.4. The van der Waals surface area contributed by atoms with Gasteiger partial charge >= 0.3 is 0 Å². The van der Waals surface area contributed by atoms with Gasteiger partial charge in [0.15, 0.2) is 0 Å². The summed E-state index contributed by atoms with van der Waals surface area (Å²) < 4.78 is 0. The number of hydrogen-bond donors (Lipinski definition) is 1. The van der Waals surface area contributed by atoms with E-state index in [9.17, 15) is 4.79 Å². The number of rotatable bonds is 1. The molecule has 62 valence electrons. The van der Waals surface area contributed by atoms with Crippen molar-refractivity contribution in [3.8, 4) is 0 Å². The first-order valence-electron chi connectivity index (χ1n) is 2.37. The Kier molecular flexibility index (Phi) is 6.83. The molecule has 0 spiro atoms. The molecule has 1 amide bonds. The van der Waals surface area contributed by atoms with Crippen molar-refractivity contribution in [3.63, 3.8) is 0 Å². The maximum absolute atomic E-state index is 10.4. The van der Waals surface area contributed by atoms with E-state index in [-0.39, 0.29) is 24.8 Å². The van der Waals surface area contributed by atoms with Crippen LogP contribution in [0.1, 0.15) is 10.4 Å². The van der Waals surface area contributed by atoms with Crippen molar-refractivity contribution in [1.82, 2.24) is 10.2 Å². The van der Waals surface area contributed by atoms with Gasteiger partial charge in [-0.25, -0.2) is 0 Å². The van der Waals surface area contributed by atoms with Crippen molar-refractivity contribution in [2.75, 3.05) is 0 Å². The second kappa shape index (κ2) is 5.88. The van der Waals surface area contributed by atoms with Crippen LogP contribution in [0.2, 0.25) is 0 Å². The Morgan fingerprint density at radius 2 is 2.00 bits per heavy atom. The van der Waals surface area contributed by atoms with Gasteiger partial charge in [-0.2, -0.15) is 10.2 Å². The van der Waals surface area contributed by atoms with Gasteiger partial charge in [0.2, 0.25) is 5.91 Å². The largest absolute Gasteiger partial charge is 0.366 e. The summed E-state index contributed by atoms with van der Waals surface area (Å²) in [5, 5.41) is 6.93. The van der Waals surface area contributed by atoms with Crippen molar-refractivity contribution in [3.05, 3.63) is 24.0 Å². The highest BCUT2D eigenvalue weighted by Gasteiger charge is 1.95. The highest BCUT2D eigenvalue weighted by molar-refractivity contribution is 5.92. The molecule has 1 rings (SSSR count). The van der Waals surface area contributed by atoms with Gasteiger partial charge in [0.25, 0.3) is 0 Å². The van der Waals surface area contributed by atoms with Gasteiger partial charge in [-0.15, -0.1) is 24.8 Å². The first kappa shape index (κ1) is 12.8. The van der Waals surface area contributed by atoms with Gasteiger partial charge in [-0.05, 0) is 6.07 Å². The van der Waals surface area contributed by atoms with Crippen LogP contribution in [0, 0.1) is 0 Å². The minimum absolute atomic E-state index is 0. The molecule has 6 heteroatoms. The molecule has 2 N–H and O–H groups in total. The van der Waals surface area contributed by atoms with Crippen LogP contribution in [-0.2, 0) is 0 Å². The van der Waals surface area contributed by atoms with Gasteiger partial charge in [0.05, 0.1) is 18.0 Å². The van der Waals surface area contributed by atoms with Crippen molar-refractivity contribution in [2.45, 2.75) is 0 Å². The van der Waals surface area contributed by atoms with Gasteiger partial charge in [-0.3, -0.25) is 4.79 Å². The minimum atomic E-state index is -0.482. The Labute approximate surface area is 76.0 Å². The molecule has 0 unspecified atom stereocenters. The predicted octanol–water partition coefficient (Wildman–Crippen LogP) is 0.419. The van der Waals surface area contributed by atoms with Crippen LogP contribution < -0.4 is 5.73 Å². The maximum Gasteiger partial charge on any atom is 0.250 e. The number of nitrogens with zero attached hydrogens (tertiary/aromatic N) is 2. The molecule has 0 radical (unpaired) electrons. The molecule has 0 aliphatic rings. The Bertz CT molecular complexity index is 216. The zero-order chi connectivity index (χ0) is 6.69. The van der Waals surface area contributed by atoms with E-state index in [1.165, 1.54) is 18.5 Å². The molecule has 0 aliphatic carbocycles. The fourth-order valence-corrected chi connectivity index (χ4v) is 0.436. The number of primary amides is 1. The number of hydrogen-bond acceptors (Lipinski definition) is 3. The first-order chi connectivity index (χ1) is 4.30. The average Bonchev–Trinajstić information content (AvgIpc) is 1.90. The zero-order valence-electron chi connectivity index (χ0n) is 5.43. The minimum Gasteiger partial charge on any atom is -0.366 e. The van der Waals surface area contributed by atoms with E-state index in [0.29, 0.717) is 5.56 Å². The third-order valence-corrected chi connectivity index (χ3v) is 0.869. The van der Waals surface area contributed by atoms with Crippen LogP contribution in [0.4, 0.5) is 0 Å². The molecule has 11 heavy (non-hydrogen) atoms. The van der Waals surface area contributed by atoms with Crippen molar-refractivity contribution < 1.29 is 4.79 Å². The lowest BCUT2D eigenvalue weighted by Crippen LogP contribution is -2.10. The molecule has 1 heterocycles. The molecule has 0 saturated heterocycles. The highest BCUT2D eigenvalue weighted by Crippen LogP contribution is 1.89. The lowest BCUT2D eigenvalue weighted by Gasteiger charge is -1.87. The Morgan fingerprint density at radius 3 is 2.27 bits per heavy atom. The van der Waals surface area contributed by atoms with Crippen LogP contribution in [0.25, 0.3) is 0 Å². The van der Waals surface area contributed by atoms with Crippen LogP contribution in [-0.4, -0.2) is 16.1 Å². The van der Waals surface area contributed by atoms with Gasteiger partial charge < -0.3 is 5.73 Å². The molecule has 1 aromatic rings. The Morgan fingerprint density at radius 1 is 1.36 bits per heavy atom. The van der Waals surface area contributed by atoms with E-state index < -0.39 is 5.91 Å². The van der Waals surface area contributed by atoms with E-state index in [2.05, 4.69) is 10.2 Å². The lowest BCUT2D eigenvalue weighted by atomic mass is 10.3. The second-order valence-corrected chi connectivity index (χ2v) is 1.50. The van der Waals surface area contributed by atoms with E-state index in [4.69, 9.17) is 5.73 Å². The summed E-state index contributed by atoms with van der Waals surface area (Å²) in [6, 6.07) is 1.51. The predicted molar refractivity (Wildman–Crippen MR) is 45.0 cm³/mol. The second-order valence-electron chi connectivity index (χ2n) is 1.50. The number of carbonyl (C=O) groups excluding carboxylic acids is 1. The Hall–Kier alpha value is -0.870. The molecular formula is C5H7Cl2N3O. The number of carbonyl (C=O) groups is 1. The van der Waals surface area contributed by atoms with E-state index in [1.807, 2.05) is 0 Å². The molecule has 4 nitrogen and oxygen atoms in total. The van der Waals surface area contributed by atoms with Crippen molar-refractivity contribution in [1.29, 1.82) is 0 Å². The number of aromatic nitrogens is 2. The fourth-order valence-electron chi connectivity index (χ4n) is 0.436. The lowest BCUT2D eigenvalue weighted by molar-refractivity contribution is 0.1000. The summed E-state index contributed by atoms with van der Waals surface area (Å²) in [6.07, 6.45) is 2.74. The SMILES string of the molecule is Cl.Cl.NC(=O)c1ccnnc1. The normalized spacial score (nSPS) is 7.27. The Balaban J connectivity index is 0. The topological polar surface area (TPSA) is 68.9 Å². The van der Waals surface area contributed by atoms with Gasteiger partial charge in [0, 0.05) is 0 Å². The zero-order valence-corrected chi connectivity index (χ0v) is 7.06. The summed E-state index contributed by atoms with van der Waals surface area (Å²) in [4.78, 5) is 10.4. The number of amides is 1. The molecule has 1 aromatic heterocycles. The molecule has 0 fully saturated rings. The van der Waals surface area contributed by atoms with E-state index in [1.54, 1.807) is 0 Å². The van der Waals surface area contributed by atoms with Crippen LogP contribution in [0.5, 0.6) is 0 Å². The number of halogens is 2. The van der Waals surface area contributed by atoms with Crippen molar-refractivity contribution in [2.24, 2.45) is 5.73 Å². The molecule has 0 saturated carbocycles. The van der Waals surface area contributed by atoms with Crippen molar-refractivity contribution >= 4 is 30.7 Å².